The Bertz CT molecular complexity index is 1110. The largest absolute Gasteiger partial charge is 0.357 e. The lowest BCUT2D eigenvalue weighted by Gasteiger charge is -2.17. The second-order valence-electron chi connectivity index (χ2n) is 7.88. The molecule has 0 saturated carbocycles. The Hall–Kier alpha value is -3.94. The van der Waals surface area contributed by atoms with E-state index in [1.165, 1.54) is 18.9 Å². The van der Waals surface area contributed by atoms with E-state index in [4.69, 9.17) is 0 Å². The van der Waals surface area contributed by atoms with Gasteiger partial charge in [-0.2, -0.15) is 0 Å². The number of nitrogens with zero attached hydrogens (tertiary/aromatic N) is 2. The summed E-state index contributed by atoms with van der Waals surface area (Å²) in [6.07, 6.45) is 4.12. The summed E-state index contributed by atoms with van der Waals surface area (Å²) in [5, 5.41) is 8.28. The van der Waals surface area contributed by atoms with E-state index < -0.39 is 0 Å². The number of urea groups is 1. The van der Waals surface area contributed by atoms with Crippen LogP contribution in [0.3, 0.4) is 0 Å². The van der Waals surface area contributed by atoms with Crippen LogP contribution in [0.15, 0.2) is 66.9 Å². The number of aromatic nitrogens is 1. The zero-order valence-electron chi connectivity index (χ0n) is 18.2. The molecule has 0 atom stereocenters. The quantitative estimate of drug-likeness (QED) is 0.510. The number of carbonyl (C=O) groups excluding carboxylic acids is 2. The summed E-state index contributed by atoms with van der Waals surface area (Å²) < 4.78 is 13.7. The van der Waals surface area contributed by atoms with Crippen LogP contribution in [0.5, 0.6) is 0 Å². The maximum absolute atomic E-state index is 13.7. The minimum Gasteiger partial charge on any atom is -0.357 e. The first-order valence-electron chi connectivity index (χ1n) is 10.9. The molecule has 0 unspecified atom stereocenters. The highest BCUT2D eigenvalue weighted by atomic mass is 19.1. The van der Waals surface area contributed by atoms with Crippen molar-refractivity contribution in [2.75, 3.05) is 23.3 Å². The first-order chi connectivity index (χ1) is 16.1. The SMILES string of the molecule is O=C(NCc1ccnc(N2CCCC2)c1)Nc1ccc(C(=O)NCc2ccccc2F)cc1. The molecule has 7 nitrogen and oxygen atoms in total. The van der Waals surface area contributed by atoms with Gasteiger partial charge in [0.05, 0.1) is 0 Å². The van der Waals surface area contributed by atoms with E-state index >= 15 is 0 Å². The van der Waals surface area contributed by atoms with Gasteiger partial charge in [-0.3, -0.25) is 4.79 Å². The molecule has 2 heterocycles. The number of pyridine rings is 1. The van der Waals surface area contributed by atoms with Gasteiger partial charge >= 0.3 is 6.03 Å². The minimum atomic E-state index is -0.359. The van der Waals surface area contributed by atoms with Crippen LogP contribution < -0.4 is 20.9 Å². The van der Waals surface area contributed by atoms with Crippen molar-refractivity contribution in [2.24, 2.45) is 0 Å². The molecule has 8 heteroatoms. The lowest BCUT2D eigenvalue weighted by Crippen LogP contribution is -2.28. The molecule has 3 amide bonds. The van der Waals surface area contributed by atoms with Crippen LogP contribution in [0.2, 0.25) is 0 Å². The molecule has 0 radical (unpaired) electrons. The van der Waals surface area contributed by atoms with Crippen LogP contribution in [-0.4, -0.2) is 30.0 Å². The molecule has 2 aromatic carbocycles. The van der Waals surface area contributed by atoms with Gasteiger partial charge in [-0.05, 0) is 60.9 Å². The Morgan fingerprint density at radius 1 is 0.939 bits per heavy atom. The minimum absolute atomic E-state index is 0.0996. The van der Waals surface area contributed by atoms with Crippen LogP contribution in [0.1, 0.15) is 34.3 Å². The highest BCUT2D eigenvalue weighted by Crippen LogP contribution is 2.18. The molecule has 1 aliphatic heterocycles. The molecule has 1 saturated heterocycles. The molecule has 1 fully saturated rings. The average molecular weight is 448 g/mol. The summed E-state index contributed by atoms with van der Waals surface area (Å²) in [6.45, 7) is 2.51. The lowest BCUT2D eigenvalue weighted by atomic mass is 10.1. The third-order valence-corrected chi connectivity index (χ3v) is 5.50. The van der Waals surface area contributed by atoms with E-state index in [0.29, 0.717) is 23.4 Å². The molecule has 0 bridgehead atoms. The van der Waals surface area contributed by atoms with Gasteiger partial charge in [-0.15, -0.1) is 0 Å². The van der Waals surface area contributed by atoms with E-state index in [0.717, 1.165) is 24.5 Å². The monoisotopic (exact) mass is 447 g/mol. The van der Waals surface area contributed by atoms with Crippen LogP contribution in [0.25, 0.3) is 0 Å². The second-order valence-corrected chi connectivity index (χ2v) is 7.88. The smallest absolute Gasteiger partial charge is 0.319 e. The van der Waals surface area contributed by atoms with Crippen molar-refractivity contribution in [1.29, 1.82) is 0 Å². The summed E-state index contributed by atoms with van der Waals surface area (Å²) in [5.41, 5.74) is 2.38. The highest BCUT2D eigenvalue weighted by molar-refractivity contribution is 5.95. The van der Waals surface area contributed by atoms with Crippen molar-refractivity contribution in [3.05, 3.63) is 89.4 Å². The van der Waals surface area contributed by atoms with Crippen molar-refractivity contribution in [3.8, 4) is 0 Å². The number of amides is 3. The van der Waals surface area contributed by atoms with Crippen LogP contribution in [0, 0.1) is 5.82 Å². The van der Waals surface area contributed by atoms with Gasteiger partial charge in [-0.1, -0.05) is 18.2 Å². The van der Waals surface area contributed by atoms with Crippen molar-refractivity contribution >= 4 is 23.4 Å². The van der Waals surface area contributed by atoms with Crippen LogP contribution in [-0.2, 0) is 13.1 Å². The Morgan fingerprint density at radius 3 is 2.45 bits per heavy atom. The third kappa shape index (κ3) is 6.06. The Morgan fingerprint density at radius 2 is 1.70 bits per heavy atom. The van der Waals surface area contributed by atoms with E-state index in [2.05, 4.69) is 25.8 Å². The number of benzene rings is 2. The maximum atomic E-state index is 13.7. The van der Waals surface area contributed by atoms with Crippen LogP contribution >= 0.6 is 0 Å². The molecule has 0 aliphatic carbocycles. The summed E-state index contributed by atoms with van der Waals surface area (Å²) in [5.74, 6) is 0.263. The Kier molecular flexibility index (Phi) is 7.14. The predicted molar refractivity (Wildman–Crippen MR) is 126 cm³/mol. The predicted octanol–water partition coefficient (Wildman–Crippen LogP) is 4.07. The molecule has 3 aromatic rings. The number of halogens is 1. The molecule has 1 aromatic heterocycles. The molecule has 4 rings (SSSR count). The first-order valence-corrected chi connectivity index (χ1v) is 10.9. The van der Waals surface area contributed by atoms with Gasteiger partial charge in [-0.25, -0.2) is 14.2 Å². The highest BCUT2D eigenvalue weighted by Gasteiger charge is 2.14. The van der Waals surface area contributed by atoms with Gasteiger partial charge in [0, 0.05) is 49.2 Å². The van der Waals surface area contributed by atoms with Crippen molar-refractivity contribution < 1.29 is 14.0 Å². The van der Waals surface area contributed by atoms with Gasteiger partial charge in [0.25, 0.3) is 5.91 Å². The normalized spacial score (nSPS) is 12.9. The zero-order valence-corrected chi connectivity index (χ0v) is 18.2. The summed E-state index contributed by atoms with van der Waals surface area (Å²) >= 11 is 0. The summed E-state index contributed by atoms with van der Waals surface area (Å²) in [7, 11) is 0. The van der Waals surface area contributed by atoms with E-state index in [-0.39, 0.29) is 24.3 Å². The molecular weight excluding hydrogens is 421 g/mol. The van der Waals surface area contributed by atoms with Gasteiger partial charge in [0.1, 0.15) is 11.6 Å². The number of hydrogen-bond acceptors (Lipinski definition) is 4. The fraction of sp³-hybridized carbons (Fsp3) is 0.240. The Labute approximate surface area is 192 Å². The van der Waals surface area contributed by atoms with E-state index in [1.54, 1.807) is 48.7 Å². The number of anilines is 2. The van der Waals surface area contributed by atoms with Crippen molar-refractivity contribution in [2.45, 2.75) is 25.9 Å². The summed E-state index contributed by atoms with van der Waals surface area (Å²) in [4.78, 5) is 31.2. The number of carbonyl (C=O) groups is 2. The Balaban J connectivity index is 1.25. The second kappa shape index (κ2) is 10.6. The fourth-order valence-corrected chi connectivity index (χ4v) is 3.67. The molecule has 170 valence electrons. The van der Waals surface area contributed by atoms with Gasteiger partial charge < -0.3 is 20.9 Å². The standard InChI is InChI=1S/C25H26FN5O2/c26-22-6-2-1-5-20(22)17-28-24(32)19-7-9-21(10-8-19)30-25(33)29-16-18-11-12-27-23(15-18)31-13-3-4-14-31/h1-2,5-12,15H,3-4,13-14,16-17H2,(H,28,32)(H2,29,30,33). The third-order valence-electron chi connectivity index (χ3n) is 5.50. The number of rotatable bonds is 7. The van der Waals surface area contributed by atoms with Crippen LogP contribution in [0.4, 0.5) is 20.7 Å². The number of nitrogens with one attached hydrogen (secondary N) is 3. The van der Waals surface area contributed by atoms with E-state index in [9.17, 15) is 14.0 Å². The van der Waals surface area contributed by atoms with Crippen molar-refractivity contribution in [1.82, 2.24) is 15.6 Å². The molecule has 0 spiro atoms. The van der Waals surface area contributed by atoms with Gasteiger partial charge in [0.15, 0.2) is 0 Å². The fourth-order valence-electron chi connectivity index (χ4n) is 3.67. The zero-order chi connectivity index (χ0) is 23.0. The first kappa shape index (κ1) is 22.3. The topological polar surface area (TPSA) is 86.4 Å². The molecule has 33 heavy (non-hydrogen) atoms. The van der Waals surface area contributed by atoms with Crippen molar-refractivity contribution in [3.63, 3.8) is 0 Å². The lowest BCUT2D eigenvalue weighted by molar-refractivity contribution is 0.0950. The molecule has 3 N–H and O–H groups in total. The summed E-state index contributed by atoms with van der Waals surface area (Å²) in [6, 6.07) is 16.4. The average Bonchev–Trinajstić information content (AvgIpc) is 3.38. The van der Waals surface area contributed by atoms with E-state index in [1.807, 2.05) is 12.1 Å². The number of hydrogen-bond donors (Lipinski definition) is 3. The molecule has 1 aliphatic rings. The maximum Gasteiger partial charge on any atom is 0.319 e. The van der Waals surface area contributed by atoms with Gasteiger partial charge in [0.2, 0.25) is 0 Å². The molecular formula is C25H26FN5O2.